The lowest BCUT2D eigenvalue weighted by Crippen LogP contribution is -2.64. The fourth-order valence-corrected chi connectivity index (χ4v) is 2.76. The summed E-state index contributed by atoms with van der Waals surface area (Å²) in [5.74, 6) is 0. The first kappa shape index (κ1) is 18.9. The van der Waals surface area contributed by atoms with Gasteiger partial charge in [0.2, 0.25) is 0 Å². The molecule has 10 nitrogen and oxygen atoms in total. The Balaban J connectivity index is 2.11. The van der Waals surface area contributed by atoms with Gasteiger partial charge >= 0.3 is 0 Å². The maximum Gasteiger partial charge on any atom is 0.187 e. The number of aliphatic hydroxyl groups is 7. The fourth-order valence-electron chi connectivity index (χ4n) is 2.76. The Morgan fingerprint density at radius 1 is 0.739 bits per heavy atom. The molecule has 10 unspecified atom stereocenters. The molecule has 23 heavy (non-hydrogen) atoms. The standard InChI is InChI=1S/C13H24O10/c1-4-7(16)12(9(18)6(3-15)21-4)23-13-11(20)10(19)8(17)5(2-14)22-13/h4-20H,2-3H2,1H3. The van der Waals surface area contributed by atoms with Crippen molar-refractivity contribution in [2.75, 3.05) is 13.2 Å². The summed E-state index contributed by atoms with van der Waals surface area (Å²) >= 11 is 0. The van der Waals surface area contributed by atoms with Crippen LogP contribution in [0.25, 0.3) is 0 Å². The van der Waals surface area contributed by atoms with Gasteiger partial charge in [-0.15, -0.1) is 0 Å². The van der Waals surface area contributed by atoms with Gasteiger partial charge in [-0.2, -0.15) is 0 Å². The van der Waals surface area contributed by atoms with Crippen molar-refractivity contribution in [1.82, 2.24) is 0 Å². The van der Waals surface area contributed by atoms with E-state index < -0.39 is 74.4 Å². The SMILES string of the molecule is CC1OC(CO)C(O)C(OC2OC(CO)C(O)C(O)C2O)C1O. The lowest BCUT2D eigenvalue weighted by molar-refractivity contribution is -0.340. The highest BCUT2D eigenvalue weighted by molar-refractivity contribution is 4.94. The highest BCUT2D eigenvalue weighted by Crippen LogP contribution is 2.28. The maximum atomic E-state index is 10.1. The van der Waals surface area contributed by atoms with Crippen LogP contribution < -0.4 is 0 Å². The molecule has 0 aliphatic carbocycles. The molecule has 2 aliphatic rings. The number of rotatable bonds is 4. The van der Waals surface area contributed by atoms with Gasteiger partial charge in [-0.05, 0) is 6.92 Å². The molecule has 0 bridgehead atoms. The highest BCUT2D eigenvalue weighted by Gasteiger charge is 2.49. The van der Waals surface area contributed by atoms with E-state index in [0.717, 1.165) is 0 Å². The van der Waals surface area contributed by atoms with E-state index in [1.165, 1.54) is 6.92 Å². The van der Waals surface area contributed by atoms with Gasteiger partial charge in [-0.1, -0.05) is 0 Å². The van der Waals surface area contributed by atoms with Crippen molar-refractivity contribution in [3.05, 3.63) is 0 Å². The molecule has 2 saturated heterocycles. The van der Waals surface area contributed by atoms with E-state index in [1.54, 1.807) is 0 Å². The fraction of sp³-hybridized carbons (Fsp3) is 1.00. The van der Waals surface area contributed by atoms with Gasteiger partial charge in [0.05, 0.1) is 19.3 Å². The molecule has 0 saturated carbocycles. The Morgan fingerprint density at radius 3 is 1.87 bits per heavy atom. The molecular formula is C13H24O10. The quantitative estimate of drug-likeness (QED) is 0.265. The van der Waals surface area contributed by atoms with Gasteiger partial charge in [0, 0.05) is 0 Å². The van der Waals surface area contributed by atoms with Crippen LogP contribution in [0.3, 0.4) is 0 Å². The summed E-state index contributed by atoms with van der Waals surface area (Å²) in [6, 6.07) is 0. The van der Waals surface area contributed by atoms with E-state index in [2.05, 4.69) is 0 Å². The zero-order valence-corrected chi connectivity index (χ0v) is 12.5. The third-order valence-corrected chi connectivity index (χ3v) is 4.24. The van der Waals surface area contributed by atoms with Crippen molar-refractivity contribution in [3.63, 3.8) is 0 Å². The second-order valence-electron chi connectivity index (χ2n) is 5.84. The van der Waals surface area contributed by atoms with Crippen LogP contribution in [-0.4, -0.2) is 110 Å². The minimum atomic E-state index is -1.65. The molecule has 0 aromatic carbocycles. The van der Waals surface area contributed by atoms with Crippen LogP contribution in [0.1, 0.15) is 6.92 Å². The predicted octanol–water partition coefficient (Wildman–Crippen LogP) is -4.33. The Morgan fingerprint density at radius 2 is 1.30 bits per heavy atom. The van der Waals surface area contributed by atoms with Crippen LogP contribution in [-0.2, 0) is 14.2 Å². The lowest BCUT2D eigenvalue weighted by atomic mass is 9.95. The molecule has 0 aromatic rings. The molecule has 10 atom stereocenters. The van der Waals surface area contributed by atoms with Crippen molar-refractivity contribution in [2.24, 2.45) is 0 Å². The number of aliphatic hydroxyl groups excluding tert-OH is 7. The van der Waals surface area contributed by atoms with E-state index >= 15 is 0 Å². The predicted molar refractivity (Wildman–Crippen MR) is 72.1 cm³/mol. The molecule has 2 fully saturated rings. The number of hydrogen-bond donors (Lipinski definition) is 7. The first-order valence-corrected chi connectivity index (χ1v) is 7.40. The van der Waals surface area contributed by atoms with E-state index in [0.29, 0.717) is 0 Å². The Labute approximate surface area is 132 Å². The molecule has 2 heterocycles. The zero-order chi connectivity index (χ0) is 17.3. The van der Waals surface area contributed by atoms with Gasteiger partial charge in [-0.25, -0.2) is 0 Å². The van der Waals surface area contributed by atoms with Gasteiger partial charge in [0.15, 0.2) is 6.29 Å². The zero-order valence-electron chi connectivity index (χ0n) is 12.5. The summed E-state index contributed by atoms with van der Waals surface area (Å²) in [6.45, 7) is 0.384. The highest BCUT2D eigenvalue weighted by atomic mass is 16.7. The van der Waals surface area contributed by atoms with Crippen molar-refractivity contribution >= 4 is 0 Å². The summed E-state index contributed by atoms with van der Waals surface area (Å²) < 4.78 is 15.8. The molecule has 2 aliphatic heterocycles. The molecule has 0 aromatic heterocycles. The average molecular weight is 340 g/mol. The molecule has 10 heteroatoms. The number of ether oxygens (including phenoxy) is 3. The first-order chi connectivity index (χ1) is 10.8. The van der Waals surface area contributed by atoms with E-state index in [-0.39, 0.29) is 0 Å². The van der Waals surface area contributed by atoms with Gasteiger partial charge in [0.25, 0.3) is 0 Å². The van der Waals surface area contributed by atoms with Crippen molar-refractivity contribution in [3.8, 4) is 0 Å². The molecule has 0 amide bonds. The molecule has 0 radical (unpaired) electrons. The normalized spacial score (nSPS) is 51.7. The third-order valence-electron chi connectivity index (χ3n) is 4.24. The minimum Gasteiger partial charge on any atom is -0.394 e. The third kappa shape index (κ3) is 3.66. The molecule has 7 N–H and O–H groups in total. The summed E-state index contributed by atoms with van der Waals surface area (Å²) in [6.07, 6.45) is -13.2. The lowest BCUT2D eigenvalue weighted by Gasteiger charge is -2.45. The van der Waals surface area contributed by atoms with Crippen LogP contribution in [0.2, 0.25) is 0 Å². The van der Waals surface area contributed by atoms with Crippen molar-refractivity contribution < 1.29 is 50.0 Å². The van der Waals surface area contributed by atoms with Crippen LogP contribution in [0.15, 0.2) is 0 Å². The molecule has 0 spiro atoms. The topological polar surface area (TPSA) is 169 Å². The largest absolute Gasteiger partial charge is 0.394 e. The first-order valence-electron chi connectivity index (χ1n) is 7.40. The maximum absolute atomic E-state index is 10.1. The summed E-state index contributed by atoms with van der Waals surface area (Å²) in [5.41, 5.74) is 0. The van der Waals surface area contributed by atoms with Gasteiger partial charge in [0.1, 0.15) is 48.8 Å². The summed E-state index contributed by atoms with van der Waals surface area (Å²) in [5, 5.41) is 67.9. The van der Waals surface area contributed by atoms with Gasteiger partial charge in [-0.3, -0.25) is 0 Å². The molecule has 136 valence electrons. The van der Waals surface area contributed by atoms with Gasteiger partial charge < -0.3 is 50.0 Å². The summed E-state index contributed by atoms with van der Waals surface area (Å²) in [7, 11) is 0. The Bertz CT molecular complexity index is 380. The Hall–Kier alpha value is -0.400. The second-order valence-corrected chi connectivity index (χ2v) is 5.84. The van der Waals surface area contributed by atoms with Crippen LogP contribution in [0, 0.1) is 0 Å². The van der Waals surface area contributed by atoms with E-state index in [4.69, 9.17) is 19.3 Å². The minimum absolute atomic E-state index is 0.507. The van der Waals surface area contributed by atoms with Crippen molar-refractivity contribution in [2.45, 2.75) is 68.1 Å². The van der Waals surface area contributed by atoms with Crippen molar-refractivity contribution in [1.29, 1.82) is 0 Å². The van der Waals surface area contributed by atoms with E-state index in [1.807, 2.05) is 0 Å². The second kappa shape index (κ2) is 7.66. The smallest absolute Gasteiger partial charge is 0.187 e. The van der Waals surface area contributed by atoms with E-state index in [9.17, 15) is 30.6 Å². The van der Waals surface area contributed by atoms with Crippen LogP contribution in [0.4, 0.5) is 0 Å². The average Bonchev–Trinajstić information content (AvgIpc) is 2.54. The summed E-state index contributed by atoms with van der Waals surface area (Å²) in [4.78, 5) is 0. The van der Waals surface area contributed by atoms with Crippen LogP contribution >= 0.6 is 0 Å². The monoisotopic (exact) mass is 340 g/mol. The number of hydrogen-bond acceptors (Lipinski definition) is 10. The molecular weight excluding hydrogens is 316 g/mol. The molecule has 2 rings (SSSR count). The Kier molecular flexibility index (Phi) is 6.30. The van der Waals surface area contributed by atoms with Crippen LogP contribution in [0.5, 0.6) is 0 Å².